The van der Waals surface area contributed by atoms with Gasteiger partial charge in [0, 0.05) is 16.6 Å². The van der Waals surface area contributed by atoms with Crippen LogP contribution in [0.4, 0.5) is 0 Å². The maximum absolute atomic E-state index is 5.58. The van der Waals surface area contributed by atoms with Crippen LogP contribution in [0.3, 0.4) is 0 Å². The summed E-state index contributed by atoms with van der Waals surface area (Å²) in [6.07, 6.45) is 3.06. The van der Waals surface area contributed by atoms with Gasteiger partial charge in [-0.25, -0.2) is 0 Å². The third-order valence-electron chi connectivity index (χ3n) is 3.15. The van der Waals surface area contributed by atoms with Crippen LogP contribution in [-0.2, 0) is 14.2 Å². The summed E-state index contributed by atoms with van der Waals surface area (Å²) in [5.41, 5.74) is 1.06. The number of benzene rings is 1. The molecule has 0 amide bonds. The standard InChI is InChI=1S/C10H11BrO2.C5H10O/c1-7-6-12-10(13-7)8-4-2-3-5-9(8)11;1-5-3-2-4-6-5/h2-5,7,10H,6H2,1H3;5H,2-4H2,1H3. The van der Waals surface area contributed by atoms with Gasteiger partial charge < -0.3 is 14.2 Å². The highest BCUT2D eigenvalue weighted by Gasteiger charge is 2.25. The van der Waals surface area contributed by atoms with Crippen molar-refractivity contribution in [1.82, 2.24) is 0 Å². The second-order valence-corrected chi connectivity index (χ2v) is 5.81. The Morgan fingerprint density at radius 2 is 1.89 bits per heavy atom. The van der Waals surface area contributed by atoms with E-state index in [4.69, 9.17) is 14.2 Å². The molecule has 106 valence electrons. The number of ether oxygens (including phenoxy) is 3. The molecule has 3 rings (SSSR count). The van der Waals surface area contributed by atoms with E-state index in [0.717, 1.165) is 16.6 Å². The van der Waals surface area contributed by atoms with Gasteiger partial charge in [0.1, 0.15) is 0 Å². The zero-order valence-electron chi connectivity index (χ0n) is 11.5. The maximum Gasteiger partial charge on any atom is 0.185 e. The lowest BCUT2D eigenvalue weighted by Crippen LogP contribution is -2.02. The van der Waals surface area contributed by atoms with E-state index in [0.29, 0.717) is 12.7 Å². The summed E-state index contributed by atoms with van der Waals surface area (Å²) in [7, 11) is 0. The molecule has 0 radical (unpaired) electrons. The van der Waals surface area contributed by atoms with E-state index >= 15 is 0 Å². The maximum atomic E-state index is 5.58. The average molecular weight is 329 g/mol. The SMILES string of the molecule is CC1CCCO1.CC1COC(c2ccccc2Br)O1. The van der Waals surface area contributed by atoms with Crippen molar-refractivity contribution in [2.75, 3.05) is 13.2 Å². The largest absolute Gasteiger partial charge is 0.379 e. The van der Waals surface area contributed by atoms with Crippen LogP contribution in [0.25, 0.3) is 0 Å². The Labute approximate surface area is 123 Å². The summed E-state index contributed by atoms with van der Waals surface area (Å²) >= 11 is 3.47. The van der Waals surface area contributed by atoms with E-state index < -0.39 is 0 Å². The predicted molar refractivity (Wildman–Crippen MR) is 78.0 cm³/mol. The lowest BCUT2D eigenvalue weighted by Gasteiger charge is -2.11. The Balaban J connectivity index is 0.000000186. The molecule has 1 aromatic carbocycles. The van der Waals surface area contributed by atoms with Crippen molar-refractivity contribution in [3.63, 3.8) is 0 Å². The monoisotopic (exact) mass is 328 g/mol. The van der Waals surface area contributed by atoms with Crippen molar-refractivity contribution in [2.45, 2.75) is 45.2 Å². The Bertz CT molecular complexity index is 391. The van der Waals surface area contributed by atoms with Crippen molar-refractivity contribution >= 4 is 15.9 Å². The van der Waals surface area contributed by atoms with Crippen LogP contribution in [0, 0.1) is 0 Å². The molecular weight excluding hydrogens is 308 g/mol. The van der Waals surface area contributed by atoms with E-state index in [2.05, 4.69) is 22.9 Å². The second kappa shape index (κ2) is 7.39. The van der Waals surface area contributed by atoms with Crippen LogP contribution in [0.5, 0.6) is 0 Å². The van der Waals surface area contributed by atoms with Crippen molar-refractivity contribution in [2.24, 2.45) is 0 Å². The van der Waals surface area contributed by atoms with Crippen molar-refractivity contribution in [3.05, 3.63) is 34.3 Å². The lowest BCUT2D eigenvalue weighted by molar-refractivity contribution is -0.0577. The summed E-state index contributed by atoms with van der Waals surface area (Å²) in [4.78, 5) is 0. The third kappa shape index (κ3) is 4.56. The molecule has 2 heterocycles. The van der Waals surface area contributed by atoms with Gasteiger partial charge in [0.15, 0.2) is 6.29 Å². The Morgan fingerprint density at radius 1 is 1.11 bits per heavy atom. The molecule has 0 bridgehead atoms. The fourth-order valence-corrected chi connectivity index (χ4v) is 2.55. The van der Waals surface area contributed by atoms with Crippen LogP contribution >= 0.6 is 15.9 Å². The number of halogens is 1. The summed E-state index contributed by atoms with van der Waals surface area (Å²) in [5.74, 6) is 0. The first-order valence-corrected chi connectivity index (χ1v) is 7.59. The predicted octanol–water partition coefficient (Wildman–Crippen LogP) is 4.07. The third-order valence-corrected chi connectivity index (χ3v) is 3.88. The number of rotatable bonds is 1. The van der Waals surface area contributed by atoms with Gasteiger partial charge in [-0.1, -0.05) is 34.1 Å². The fourth-order valence-electron chi connectivity index (χ4n) is 2.08. The molecular formula is C15H21BrO3. The van der Waals surface area contributed by atoms with Crippen LogP contribution in [0.1, 0.15) is 38.5 Å². The summed E-state index contributed by atoms with van der Waals surface area (Å²) < 4.78 is 17.2. The molecule has 2 fully saturated rings. The fraction of sp³-hybridized carbons (Fsp3) is 0.600. The van der Waals surface area contributed by atoms with E-state index in [1.165, 1.54) is 12.8 Å². The normalized spacial score (nSPS) is 29.9. The van der Waals surface area contributed by atoms with Gasteiger partial charge in [-0.3, -0.25) is 0 Å². The minimum atomic E-state index is -0.203. The molecule has 0 aromatic heterocycles. The lowest BCUT2D eigenvalue weighted by atomic mass is 10.2. The molecule has 2 saturated heterocycles. The van der Waals surface area contributed by atoms with Gasteiger partial charge in [-0.15, -0.1) is 0 Å². The van der Waals surface area contributed by atoms with Gasteiger partial charge in [0.05, 0.1) is 18.8 Å². The molecule has 1 aromatic rings. The van der Waals surface area contributed by atoms with E-state index in [-0.39, 0.29) is 12.4 Å². The minimum absolute atomic E-state index is 0.192. The summed E-state index contributed by atoms with van der Waals surface area (Å²) in [5, 5.41) is 0. The summed E-state index contributed by atoms with van der Waals surface area (Å²) in [6.45, 7) is 5.79. The molecule has 3 unspecified atom stereocenters. The van der Waals surface area contributed by atoms with Crippen molar-refractivity contribution in [3.8, 4) is 0 Å². The zero-order valence-corrected chi connectivity index (χ0v) is 13.1. The molecule has 3 atom stereocenters. The van der Waals surface area contributed by atoms with Gasteiger partial charge in [-0.2, -0.15) is 0 Å². The quantitative estimate of drug-likeness (QED) is 0.777. The van der Waals surface area contributed by atoms with Gasteiger partial charge in [-0.05, 0) is 32.8 Å². The Morgan fingerprint density at radius 3 is 2.37 bits per heavy atom. The molecule has 4 heteroatoms. The topological polar surface area (TPSA) is 27.7 Å². The first-order chi connectivity index (χ1) is 9.16. The highest BCUT2D eigenvalue weighted by Crippen LogP contribution is 2.31. The zero-order chi connectivity index (χ0) is 13.7. The second-order valence-electron chi connectivity index (χ2n) is 4.96. The summed E-state index contributed by atoms with van der Waals surface area (Å²) in [6, 6.07) is 7.96. The van der Waals surface area contributed by atoms with E-state index in [1.807, 2.05) is 31.2 Å². The van der Waals surface area contributed by atoms with Gasteiger partial charge in [0.25, 0.3) is 0 Å². The minimum Gasteiger partial charge on any atom is -0.379 e. The molecule has 0 saturated carbocycles. The van der Waals surface area contributed by atoms with E-state index in [1.54, 1.807) is 0 Å². The molecule has 0 spiro atoms. The van der Waals surface area contributed by atoms with Crippen LogP contribution in [0.15, 0.2) is 28.7 Å². The first kappa shape index (κ1) is 15.0. The van der Waals surface area contributed by atoms with Gasteiger partial charge >= 0.3 is 0 Å². The molecule has 0 N–H and O–H groups in total. The molecule has 2 aliphatic rings. The molecule has 3 nitrogen and oxygen atoms in total. The number of hydrogen-bond acceptors (Lipinski definition) is 3. The van der Waals surface area contributed by atoms with Crippen molar-refractivity contribution in [1.29, 1.82) is 0 Å². The van der Waals surface area contributed by atoms with Crippen LogP contribution < -0.4 is 0 Å². The average Bonchev–Trinajstić information content (AvgIpc) is 3.02. The Hall–Kier alpha value is -0.420. The highest BCUT2D eigenvalue weighted by atomic mass is 79.9. The number of hydrogen-bond donors (Lipinski definition) is 0. The van der Waals surface area contributed by atoms with Crippen LogP contribution in [-0.4, -0.2) is 25.4 Å². The molecule has 19 heavy (non-hydrogen) atoms. The smallest absolute Gasteiger partial charge is 0.185 e. The molecule has 0 aliphatic carbocycles. The highest BCUT2D eigenvalue weighted by molar-refractivity contribution is 9.10. The van der Waals surface area contributed by atoms with E-state index in [9.17, 15) is 0 Å². The molecule has 2 aliphatic heterocycles. The van der Waals surface area contributed by atoms with Crippen molar-refractivity contribution < 1.29 is 14.2 Å². The van der Waals surface area contributed by atoms with Crippen LogP contribution in [0.2, 0.25) is 0 Å². The van der Waals surface area contributed by atoms with Gasteiger partial charge in [0.2, 0.25) is 0 Å². The Kier molecular flexibility index (Phi) is 5.82. The first-order valence-electron chi connectivity index (χ1n) is 6.80.